The van der Waals surface area contributed by atoms with Crippen LogP contribution in [0.3, 0.4) is 0 Å². The van der Waals surface area contributed by atoms with Crippen molar-refractivity contribution in [2.45, 2.75) is 38.9 Å². The zero-order valence-electron chi connectivity index (χ0n) is 23.9. The van der Waals surface area contributed by atoms with Crippen molar-refractivity contribution in [2.24, 2.45) is 0 Å². The van der Waals surface area contributed by atoms with Gasteiger partial charge < -0.3 is 9.31 Å². The summed E-state index contributed by atoms with van der Waals surface area (Å²) in [6, 6.07) is 42.2. The molecule has 0 bridgehead atoms. The fourth-order valence-corrected chi connectivity index (χ4v) is 6.55. The predicted octanol–water partition coefficient (Wildman–Crippen LogP) is 9.37. The molecule has 2 nitrogen and oxygen atoms in total. The monoisotopic (exact) mass is 530 g/mol. The molecule has 0 N–H and O–H groups in total. The highest BCUT2D eigenvalue weighted by molar-refractivity contribution is 6.62. The topological polar surface area (TPSA) is 18.5 Å². The lowest BCUT2D eigenvalue weighted by atomic mass is 9.78. The quantitative estimate of drug-likeness (QED) is 0.167. The SMILES string of the molecule is CC1(C)OB(c2ccc(-c3ccc4ccc5c(-c6cccc7ccccc67)ccc6ccc3c4c65)cc2)OC1(C)C. The van der Waals surface area contributed by atoms with E-state index in [0.29, 0.717) is 0 Å². The van der Waals surface area contributed by atoms with E-state index in [4.69, 9.17) is 9.31 Å². The summed E-state index contributed by atoms with van der Waals surface area (Å²) < 4.78 is 12.6. The van der Waals surface area contributed by atoms with Crippen LogP contribution in [0.4, 0.5) is 0 Å². The largest absolute Gasteiger partial charge is 0.494 e. The van der Waals surface area contributed by atoms with Crippen LogP contribution in [-0.2, 0) is 9.31 Å². The highest BCUT2D eigenvalue weighted by Gasteiger charge is 2.51. The van der Waals surface area contributed by atoms with E-state index < -0.39 is 0 Å². The van der Waals surface area contributed by atoms with Crippen LogP contribution in [-0.4, -0.2) is 18.3 Å². The van der Waals surface area contributed by atoms with Gasteiger partial charge in [0, 0.05) is 0 Å². The van der Waals surface area contributed by atoms with Crippen molar-refractivity contribution in [1.82, 2.24) is 0 Å². The molecule has 198 valence electrons. The summed E-state index contributed by atoms with van der Waals surface area (Å²) >= 11 is 0. The Morgan fingerprint density at radius 3 is 1.66 bits per heavy atom. The molecule has 1 fully saturated rings. The fourth-order valence-electron chi connectivity index (χ4n) is 6.55. The van der Waals surface area contributed by atoms with Gasteiger partial charge in [-0.3, -0.25) is 0 Å². The van der Waals surface area contributed by atoms with Gasteiger partial charge in [-0.15, -0.1) is 0 Å². The minimum Gasteiger partial charge on any atom is -0.399 e. The summed E-state index contributed by atoms with van der Waals surface area (Å²) in [7, 11) is -0.358. The Hall–Kier alpha value is -4.18. The first kappa shape index (κ1) is 24.6. The summed E-state index contributed by atoms with van der Waals surface area (Å²) in [6.07, 6.45) is 0. The van der Waals surface area contributed by atoms with Gasteiger partial charge in [0.15, 0.2) is 0 Å². The molecule has 0 aliphatic carbocycles. The van der Waals surface area contributed by atoms with Gasteiger partial charge in [0.25, 0.3) is 0 Å². The number of rotatable bonds is 3. The Balaban J connectivity index is 1.28. The first-order valence-electron chi connectivity index (χ1n) is 14.5. The van der Waals surface area contributed by atoms with Gasteiger partial charge in [-0.1, -0.05) is 115 Å². The van der Waals surface area contributed by atoms with Gasteiger partial charge in [0.05, 0.1) is 11.2 Å². The van der Waals surface area contributed by atoms with Crippen molar-refractivity contribution >= 4 is 55.7 Å². The zero-order valence-corrected chi connectivity index (χ0v) is 23.9. The molecule has 0 atom stereocenters. The highest BCUT2D eigenvalue weighted by Crippen LogP contribution is 2.43. The molecule has 7 aromatic rings. The van der Waals surface area contributed by atoms with Crippen LogP contribution in [0.1, 0.15) is 27.7 Å². The maximum Gasteiger partial charge on any atom is 0.494 e. The molecule has 0 spiro atoms. The number of hydrogen-bond donors (Lipinski definition) is 0. The molecule has 1 saturated heterocycles. The van der Waals surface area contributed by atoms with Crippen LogP contribution in [0.25, 0.3) is 65.3 Å². The standard InChI is InChI=1S/C38H31BO2/c1-37(2)38(3,4)41-39(40-37)28-18-12-25(13-19-28)30-20-14-26-17-23-34-32(21-15-27-16-22-33(30)35(26)36(27)34)31-11-7-9-24-8-5-6-10-29(24)31/h5-23H,1-4H3. The van der Waals surface area contributed by atoms with Crippen molar-refractivity contribution in [3.63, 3.8) is 0 Å². The molecule has 0 saturated carbocycles. The molecule has 0 unspecified atom stereocenters. The maximum absolute atomic E-state index is 6.30. The van der Waals surface area contributed by atoms with E-state index >= 15 is 0 Å². The van der Waals surface area contributed by atoms with Crippen LogP contribution in [0.2, 0.25) is 0 Å². The number of benzene rings is 7. The van der Waals surface area contributed by atoms with Gasteiger partial charge in [-0.2, -0.15) is 0 Å². The average molecular weight is 530 g/mol. The molecule has 7 aromatic carbocycles. The van der Waals surface area contributed by atoms with E-state index in [1.807, 2.05) is 0 Å². The van der Waals surface area contributed by atoms with Crippen molar-refractivity contribution in [1.29, 1.82) is 0 Å². The van der Waals surface area contributed by atoms with Gasteiger partial charge in [-0.05, 0) is 98.5 Å². The van der Waals surface area contributed by atoms with E-state index in [1.54, 1.807) is 0 Å². The number of fused-ring (bicyclic) bond motifs is 1. The summed E-state index contributed by atoms with van der Waals surface area (Å²) in [5.74, 6) is 0. The second kappa shape index (κ2) is 8.66. The van der Waals surface area contributed by atoms with Crippen LogP contribution in [0, 0.1) is 0 Å². The smallest absolute Gasteiger partial charge is 0.399 e. The highest BCUT2D eigenvalue weighted by atomic mass is 16.7. The lowest BCUT2D eigenvalue weighted by molar-refractivity contribution is 0.00578. The van der Waals surface area contributed by atoms with Crippen molar-refractivity contribution in [3.8, 4) is 22.3 Å². The van der Waals surface area contributed by atoms with E-state index in [0.717, 1.165) is 5.46 Å². The van der Waals surface area contributed by atoms with Crippen LogP contribution in [0.15, 0.2) is 115 Å². The van der Waals surface area contributed by atoms with Gasteiger partial charge >= 0.3 is 7.12 Å². The van der Waals surface area contributed by atoms with Gasteiger partial charge in [-0.25, -0.2) is 0 Å². The Kier molecular flexibility index (Phi) is 5.20. The molecule has 1 aliphatic heterocycles. The third kappa shape index (κ3) is 3.66. The summed E-state index contributed by atoms with van der Waals surface area (Å²) in [5.41, 5.74) is 5.33. The van der Waals surface area contributed by atoms with Crippen molar-refractivity contribution in [2.75, 3.05) is 0 Å². The van der Waals surface area contributed by atoms with Crippen molar-refractivity contribution < 1.29 is 9.31 Å². The Morgan fingerprint density at radius 1 is 0.439 bits per heavy atom. The Bertz CT molecular complexity index is 2090. The van der Waals surface area contributed by atoms with Gasteiger partial charge in [0.1, 0.15) is 0 Å². The van der Waals surface area contributed by atoms with E-state index in [1.165, 1.54) is 65.3 Å². The third-order valence-corrected chi connectivity index (χ3v) is 9.49. The molecule has 8 rings (SSSR count). The second-order valence-electron chi connectivity index (χ2n) is 12.4. The van der Waals surface area contributed by atoms with E-state index in [-0.39, 0.29) is 18.3 Å². The maximum atomic E-state index is 6.30. The summed E-state index contributed by atoms with van der Waals surface area (Å²) in [4.78, 5) is 0. The van der Waals surface area contributed by atoms with E-state index in [9.17, 15) is 0 Å². The van der Waals surface area contributed by atoms with Crippen LogP contribution >= 0.6 is 0 Å². The second-order valence-corrected chi connectivity index (χ2v) is 12.4. The molecule has 0 radical (unpaired) electrons. The minimum atomic E-state index is -0.358. The lowest BCUT2D eigenvalue weighted by Crippen LogP contribution is -2.41. The minimum absolute atomic E-state index is 0.354. The van der Waals surface area contributed by atoms with Crippen LogP contribution < -0.4 is 5.46 Å². The Morgan fingerprint density at radius 2 is 0.976 bits per heavy atom. The average Bonchev–Trinajstić information content (AvgIpc) is 3.21. The molecule has 0 aromatic heterocycles. The van der Waals surface area contributed by atoms with E-state index in [2.05, 4.69) is 143 Å². The molecule has 0 amide bonds. The first-order valence-corrected chi connectivity index (χ1v) is 14.5. The molecule has 1 heterocycles. The fraction of sp³-hybridized carbons (Fsp3) is 0.158. The van der Waals surface area contributed by atoms with Crippen molar-refractivity contribution in [3.05, 3.63) is 115 Å². The normalized spacial score (nSPS) is 16.4. The zero-order chi connectivity index (χ0) is 27.9. The van der Waals surface area contributed by atoms with Crippen LogP contribution in [0.5, 0.6) is 0 Å². The third-order valence-electron chi connectivity index (χ3n) is 9.49. The molecule has 1 aliphatic rings. The molecular weight excluding hydrogens is 499 g/mol. The molecule has 3 heteroatoms. The predicted molar refractivity (Wildman–Crippen MR) is 174 cm³/mol. The summed E-state index contributed by atoms with van der Waals surface area (Å²) in [5, 5.41) is 10.3. The lowest BCUT2D eigenvalue weighted by Gasteiger charge is -2.32. The molecular formula is C38H31BO2. The van der Waals surface area contributed by atoms with Gasteiger partial charge in [0.2, 0.25) is 0 Å². The summed E-state index contributed by atoms with van der Waals surface area (Å²) in [6.45, 7) is 8.38. The molecule has 41 heavy (non-hydrogen) atoms. The Labute approximate surface area is 241 Å². The number of hydrogen-bond acceptors (Lipinski definition) is 2. The first-order chi connectivity index (χ1) is 19.8.